The lowest BCUT2D eigenvalue weighted by molar-refractivity contribution is -0.892. The maximum atomic E-state index is 5.66. The predicted octanol–water partition coefficient (Wildman–Crippen LogP) is 2.98. The summed E-state index contributed by atoms with van der Waals surface area (Å²) < 4.78 is 0. The van der Waals surface area contributed by atoms with Gasteiger partial charge in [0.25, 0.3) is 0 Å². The molecule has 0 saturated carbocycles. The molecule has 2 heterocycles. The summed E-state index contributed by atoms with van der Waals surface area (Å²) in [5, 5.41) is 7.76. The van der Waals surface area contributed by atoms with Crippen molar-refractivity contribution in [1.29, 1.82) is 0 Å². The number of quaternary nitrogens is 1. The van der Waals surface area contributed by atoms with Crippen molar-refractivity contribution in [2.24, 2.45) is 0 Å². The summed E-state index contributed by atoms with van der Waals surface area (Å²) >= 11 is 5.66. The third-order valence-electron chi connectivity index (χ3n) is 6.48. The zero-order chi connectivity index (χ0) is 23.5. The van der Waals surface area contributed by atoms with Crippen LogP contribution >= 0.6 is 12.2 Å². The number of rotatable bonds is 6. The average molecular weight is 463 g/mol. The van der Waals surface area contributed by atoms with Crippen LogP contribution in [0.5, 0.6) is 0 Å². The first kappa shape index (κ1) is 23.3. The van der Waals surface area contributed by atoms with Gasteiger partial charge in [-0.3, -0.25) is 0 Å². The van der Waals surface area contributed by atoms with E-state index in [0.717, 1.165) is 19.6 Å². The lowest BCUT2D eigenvalue weighted by Crippen LogP contribution is -3.13. The van der Waals surface area contributed by atoms with Gasteiger partial charge in [-0.15, -0.1) is 0 Å². The van der Waals surface area contributed by atoms with Crippen LogP contribution in [0.15, 0.2) is 65.4 Å². The molecule has 2 aliphatic rings. The van der Waals surface area contributed by atoms with E-state index in [1.807, 2.05) is 0 Å². The third-order valence-corrected chi connectivity index (χ3v) is 6.70. The van der Waals surface area contributed by atoms with Gasteiger partial charge in [-0.25, -0.2) is 0 Å². The highest BCUT2D eigenvalue weighted by molar-refractivity contribution is 7.80. The number of hydrogen-bond donors (Lipinski definition) is 3. The van der Waals surface area contributed by atoms with Gasteiger partial charge in [-0.1, -0.05) is 31.2 Å². The molecule has 0 saturated heterocycles. The molecule has 2 aromatic carbocycles. The van der Waals surface area contributed by atoms with Crippen molar-refractivity contribution in [2.75, 3.05) is 57.6 Å². The minimum Gasteiger partial charge on any atom is -0.378 e. The van der Waals surface area contributed by atoms with E-state index in [2.05, 4.69) is 110 Å². The minimum absolute atomic E-state index is 0.0941. The molecule has 2 aliphatic heterocycles. The number of benzene rings is 2. The van der Waals surface area contributed by atoms with Gasteiger partial charge in [-0.05, 0) is 60.1 Å². The zero-order valence-corrected chi connectivity index (χ0v) is 21.2. The summed E-state index contributed by atoms with van der Waals surface area (Å²) in [6, 6.07) is 17.7. The van der Waals surface area contributed by atoms with Gasteiger partial charge in [0.2, 0.25) is 0 Å². The van der Waals surface area contributed by atoms with E-state index in [0.29, 0.717) is 5.11 Å². The molecule has 174 valence electrons. The largest absolute Gasteiger partial charge is 0.378 e. The molecule has 3 N–H and O–H groups in total. The summed E-state index contributed by atoms with van der Waals surface area (Å²) in [6.45, 7) is 5.45. The molecule has 4 rings (SSSR count). The number of nitrogens with zero attached hydrogens (tertiary/aromatic N) is 2. The van der Waals surface area contributed by atoms with Gasteiger partial charge in [0.05, 0.1) is 18.3 Å². The normalized spacial score (nSPS) is 21.4. The second-order valence-electron chi connectivity index (χ2n) is 9.43. The maximum Gasteiger partial charge on any atom is 0.171 e. The van der Waals surface area contributed by atoms with Gasteiger partial charge in [-0.2, -0.15) is 0 Å². The molecule has 0 radical (unpaired) electrons. The van der Waals surface area contributed by atoms with Gasteiger partial charge in [0.15, 0.2) is 5.11 Å². The molecule has 0 spiro atoms. The summed E-state index contributed by atoms with van der Waals surface area (Å²) in [4.78, 5) is 5.86. The van der Waals surface area contributed by atoms with Gasteiger partial charge >= 0.3 is 0 Å². The molecule has 2 aromatic rings. The lowest BCUT2D eigenvalue weighted by atomic mass is 9.88. The number of thiocarbonyl (C=S) groups is 1. The van der Waals surface area contributed by atoms with Gasteiger partial charge in [0.1, 0.15) is 13.1 Å². The van der Waals surface area contributed by atoms with Crippen molar-refractivity contribution < 1.29 is 4.90 Å². The Morgan fingerprint density at radius 3 is 2.12 bits per heavy atom. The summed E-state index contributed by atoms with van der Waals surface area (Å²) in [7, 11) is 8.29. The molecule has 6 heteroatoms. The quantitative estimate of drug-likeness (QED) is 0.576. The Balaban J connectivity index is 1.74. The Bertz CT molecular complexity index is 1050. The summed E-state index contributed by atoms with van der Waals surface area (Å²) in [6.07, 6.45) is 3.50. The first-order chi connectivity index (χ1) is 15.9. The SMILES string of the molecule is CCC[NH+]1CC(=Cc2ccc(N(C)C)cc2)C2=C(C1)[C@@H](c1ccc(N(C)C)cc1)NC(=S)N2. The fourth-order valence-corrected chi connectivity index (χ4v) is 4.95. The zero-order valence-electron chi connectivity index (χ0n) is 20.4. The van der Waals surface area contributed by atoms with E-state index in [9.17, 15) is 0 Å². The van der Waals surface area contributed by atoms with Crippen LogP contribution in [-0.4, -0.2) is 52.9 Å². The first-order valence-electron chi connectivity index (χ1n) is 11.8. The Morgan fingerprint density at radius 2 is 1.55 bits per heavy atom. The van der Waals surface area contributed by atoms with Crippen LogP contribution in [0.2, 0.25) is 0 Å². The molecule has 0 amide bonds. The third kappa shape index (κ3) is 5.23. The highest BCUT2D eigenvalue weighted by Crippen LogP contribution is 2.31. The fraction of sp³-hybridized carbons (Fsp3) is 0.370. The van der Waals surface area contributed by atoms with Crippen molar-refractivity contribution in [3.05, 3.63) is 76.5 Å². The fourth-order valence-electron chi connectivity index (χ4n) is 4.73. The second-order valence-corrected chi connectivity index (χ2v) is 9.84. The number of nitrogens with one attached hydrogen (secondary N) is 3. The topological polar surface area (TPSA) is 35.0 Å². The Hall–Kier alpha value is -2.83. The van der Waals surface area contributed by atoms with Gasteiger partial charge < -0.3 is 25.3 Å². The lowest BCUT2D eigenvalue weighted by Gasteiger charge is -2.38. The Kier molecular flexibility index (Phi) is 7.05. The standard InChI is InChI=1S/C27H35N5S/c1-6-15-32-17-21(16-19-7-11-22(12-8-19)30(2)3)26-24(18-32)25(28-27(33)29-26)20-9-13-23(14-10-20)31(4)5/h7-14,16,25H,6,15,17-18H2,1-5H3,(H2,28,29,33)/p+1/t25-/m1/s1. The molecule has 0 fully saturated rings. The molecule has 33 heavy (non-hydrogen) atoms. The molecule has 2 atom stereocenters. The summed E-state index contributed by atoms with van der Waals surface area (Å²) in [5.74, 6) is 0. The molecule has 0 aliphatic carbocycles. The molecular weight excluding hydrogens is 426 g/mol. The van der Waals surface area contributed by atoms with Crippen LogP contribution in [0.1, 0.15) is 30.5 Å². The first-order valence-corrected chi connectivity index (χ1v) is 12.2. The van der Waals surface area contributed by atoms with E-state index in [1.165, 1.54) is 45.8 Å². The van der Waals surface area contributed by atoms with Crippen molar-refractivity contribution in [3.8, 4) is 0 Å². The van der Waals surface area contributed by atoms with Crippen molar-refractivity contribution in [1.82, 2.24) is 10.6 Å². The highest BCUT2D eigenvalue weighted by Gasteiger charge is 2.35. The van der Waals surface area contributed by atoms with Crippen molar-refractivity contribution in [3.63, 3.8) is 0 Å². The average Bonchev–Trinajstić information content (AvgIpc) is 2.80. The van der Waals surface area contributed by atoms with Crippen LogP contribution in [0.3, 0.4) is 0 Å². The summed E-state index contributed by atoms with van der Waals surface area (Å²) in [5.41, 5.74) is 8.82. The highest BCUT2D eigenvalue weighted by atomic mass is 32.1. The van der Waals surface area contributed by atoms with E-state index in [4.69, 9.17) is 12.2 Å². The number of hydrogen-bond acceptors (Lipinski definition) is 3. The van der Waals surface area contributed by atoms with Crippen LogP contribution in [-0.2, 0) is 0 Å². The van der Waals surface area contributed by atoms with Crippen LogP contribution < -0.4 is 25.3 Å². The molecule has 0 aromatic heterocycles. The molecular formula is C27H36N5S+. The van der Waals surface area contributed by atoms with Crippen LogP contribution in [0, 0.1) is 0 Å². The second kappa shape index (κ2) is 9.98. The smallest absolute Gasteiger partial charge is 0.171 e. The predicted molar refractivity (Wildman–Crippen MR) is 144 cm³/mol. The van der Waals surface area contributed by atoms with E-state index in [-0.39, 0.29) is 6.04 Å². The Labute approximate surface area is 203 Å². The van der Waals surface area contributed by atoms with Crippen LogP contribution in [0.25, 0.3) is 6.08 Å². The van der Waals surface area contributed by atoms with Gasteiger partial charge in [0, 0.05) is 50.7 Å². The molecule has 0 bridgehead atoms. The van der Waals surface area contributed by atoms with Crippen molar-refractivity contribution >= 4 is 34.8 Å². The Morgan fingerprint density at radius 1 is 0.939 bits per heavy atom. The molecule has 1 unspecified atom stereocenters. The van der Waals surface area contributed by atoms with E-state index < -0.39 is 0 Å². The van der Waals surface area contributed by atoms with Crippen molar-refractivity contribution in [2.45, 2.75) is 19.4 Å². The van der Waals surface area contributed by atoms with Crippen LogP contribution in [0.4, 0.5) is 11.4 Å². The maximum absolute atomic E-state index is 5.66. The monoisotopic (exact) mass is 462 g/mol. The minimum atomic E-state index is 0.0941. The number of anilines is 2. The molecule has 5 nitrogen and oxygen atoms in total. The van der Waals surface area contributed by atoms with E-state index in [1.54, 1.807) is 4.90 Å². The van der Waals surface area contributed by atoms with E-state index >= 15 is 0 Å².